The Labute approximate surface area is 164 Å². The van der Waals surface area contributed by atoms with Crippen LogP contribution in [-0.2, 0) is 12.0 Å². The van der Waals surface area contributed by atoms with Crippen molar-refractivity contribution in [2.24, 2.45) is 0 Å². The number of ether oxygens (including phenoxy) is 3. The van der Waals surface area contributed by atoms with Crippen LogP contribution in [0.4, 0.5) is 10.5 Å². The standard InChI is InChI=1S/C21H26N2O5/c1-26-15-6-8-17-14(11-15)5-4-10-21(17,25)13-22-20(24)23-18-9-7-16(27-2)12-19(18)28-3/h6-9,11-12,25H,4-5,10,13H2,1-3H3,(H2,22,23,24). The molecule has 0 saturated heterocycles. The van der Waals surface area contributed by atoms with Crippen LogP contribution in [0.1, 0.15) is 24.0 Å². The van der Waals surface area contributed by atoms with Crippen LogP contribution < -0.4 is 24.8 Å². The van der Waals surface area contributed by atoms with Crippen LogP contribution in [0.25, 0.3) is 0 Å². The monoisotopic (exact) mass is 386 g/mol. The van der Waals surface area contributed by atoms with E-state index in [1.165, 1.54) is 7.11 Å². The summed E-state index contributed by atoms with van der Waals surface area (Å²) < 4.78 is 15.7. The van der Waals surface area contributed by atoms with Gasteiger partial charge < -0.3 is 30.0 Å². The van der Waals surface area contributed by atoms with E-state index in [-0.39, 0.29) is 6.54 Å². The van der Waals surface area contributed by atoms with Gasteiger partial charge in [0, 0.05) is 6.07 Å². The molecule has 28 heavy (non-hydrogen) atoms. The van der Waals surface area contributed by atoms with Gasteiger partial charge in [0.2, 0.25) is 0 Å². The van der Waals surface area contributed by atoms with Crippen molar-refractivity contribution in [2.75, 3.05) is 33.2 Å². The molecule has 1 aliphatic carbocycles. The molecule has 1 aliphatic rings. The summed E-state index contributed by atoms with van der Waals surface area (Å²) in [5, 5.41) is 16.7. The number of benzene rings is 2. The number of rotatable bonds is 6. The minimum atomic E-state index is -1.11. The number of amides is 2. The first kappa shape index (κ1) is 19.8. The van der Waals surface area contributed by atoms with E-state index in [9.17, 15) is 9.90 Å². The van der Waals surface area contributed by atoms with E-state index in [1.807, 2.05) is 18.2 Å². The number of anilines is 1. The van der Waals surface area contributed by atoms with Crippen LogP contribution in [-0.4, -0.2) is 39.0 Å². The Morgan fingerprint density at radius 3 is 2.50 bits per heavy atom. The number of aliphatic hydroxyl groups is 1. The van der Waals surface area contributed by atoms with Gasteiger partial charge in [0.05, 0.1) is 33.6 Å². The van der Waals surface area contributed by atoms with Crippen LogP contribution >= 0.6 is 0 Å². The molecular weight excluding hydrogens is 360 g/mol. The Balaban J connectivity index is 1.68. The first-order valence-corrected chi connectivity index (χ1v) is 9.16. The molecule has 2 amide bonds. The largest absolute Gasteiger partial charge is 0.497 e. The van der Waals surface area contributed by atoms with E-state index in [0.29, 0.717) is 23.6 Å². The summed E-state index contributed by atoms with van der Waals surface area (Å²) >= 11 is 0. The van der Waals surface area contributed by atoms with Gasteiger partial charge in [0.15, 0.2) is 0 Å². The molecule has 0 saturated carbocycles. The van der Waals surface area contributed by atoms with Gasteiger partial charge in [0.1, 0.15) is 22.8 Å². The molecule has 7 nitrogen and oxygen atoms in total. The van der Waals surface area contributed by atoms with Gasteiger partial charge in [-0.2, -0.15) is 0 Å². The SMILES string of the molecule is COc1ccc2c(c1)CCCC2(O)CNC(=O)Nc1ccc(OC)cc1OC. The highest BCUT2D eigenvalue weighted by Crippen LogP contribution is 2.36. The number of fused-ring (bicyclic) bond motifs is 1. The van der Waals surface area contributed by atoms with Gasteiger partial charge >= 0.3 is 6.03 Å². The zero-order valence-electron chi connectivity index (χ0n) is 16.4. The predicted octanol–water partition coefficient (Wildman–Crippen LogP) is 3.06. The van der Waals surface area contributed by atoms with Gasteiger partial charge in [-0.05, 0) is 54.7 Å². The number of hydrogen-bond donors (Lipinski definition) is 3. The van der Waals surface area contributed by atoms with Gasteiger partial charge in [0.25, 0.3) is 0 Å². The maximum atomic E-state index is 12.4. The molecule has 3 rings (SSSR count). The third-order valence-electron chi connectivity index (χ3n) is 5.05. The van der Waals surface area contributed by atoms with Gasteiger partial charge in [-0.25, -0.2) is 4.79 Å². The molecule has 3 N–H and O–H groups in total. The number of hydrogen-bond acceptors (Lipinski definition) is 5. The predicted molar refractivity (Wildman–Crippen MR) is 106 cm³/mol. The summed E-state index contributed by atoms with van der Waals surface area (Å²) in [6.07, 6.45) is 2.30. The number of carbonyl (C=O) groups excluding carboxylic acids is 1. The number of aryl methyl sites for hydroxylation is 1. The molecule has 0 spiro atoms. The maximum Gasteiger partial charge on any atom is 0.319 e. The van der Waals surface area contributed by atoms with Crippen molar-refractivity contribution in [1.82, 2.24) is 5.32 Å². The lowest BCUT2D eigenvalue weighted by Gasteiger charge is -2.34. The average molecular weight is 386 g/mol. The summed E-state index contributed by atoms with van der Waals surface area (Å²) in [4.78, 5) is 12.4. The lowest BCUT2D eigenvalue weighted by Crippen LogP contribution is -2.44. The average Bonchev–Trinajstić information content (AvgIpc) is 2.72. The van der Waals surface area contributed by atoms with E-state index in [4.69, 9.17) is 14.2 Å². The topological polar surface area (TPSA) is 89.1 Å². The van der Waals surface area contributed by atoms with Crippen molar-refractivity contribution < 1.29 is 24.1 Å². The van der Waals surface area contributed by atoms with Crippen molar-refractivity contribution in [3.05, 3.63) is 47.5 Å². The highest BCUT2D eigenvalue weighted by atomic mass is 16.5. The van der Waals surface area contributed by atoms with Crippen LogP contribution in [0.15, 0.2) is 36.4 Å². The molecule has 0 aromatic heterocycles. The van der Waals surface area contributed by atoms with Crippen molar-refractivity contribution in [3.63, 3.8) is 0 Å². The van der Waals surface area contributed by atoms with Crippen molar-refractivity contribution in [3.8, 4) is 17.2 Å². The van der Waals surface area contributed by atoms with Crippen LogP contribution in [0, 0.1) is 0 Å². The van der Waals surface area contributed by atoms with Crippen LogP contribution in [0.5, 0.6) is 17.2 Å². The fourth-order valence-corrected chi connectivity index (χ4v) is 3.54. The zero-order valence-corrected chi connectivity index (χ0v) is 16.4. The van der Waals surface area contributed by atoms with Gasteiger partial charge in [-0.1, -0.05) is 6.07 Å². The van der Waals surface area contributed by atoms with Crippen LogP contribution in [0.2, 0.25) is 0 Å². The second-order valence-corrected chi connectivity index (χ2v) is 6.78. The minimum Gasteiger partial charge on any atom is -0.497 e. The molecule has 0 fully saturated rings. The number of nitrogens with one attached hydrogen (secondary N) is 2. The number of urea groups is 1. The normalized spacial score (nSPS) is 18.0. The van der Waals surface area contributed by atoms with Crippen molar-refractivity contribution in [2.45, 2.75) is 24.9 Å². The lowest BCUT2D eigenvalue weighted by molar-refractivity contribution is 0.0220. The Hall–Kier alpha value is -2.93. The molecule has 150 valence electrons. The molecule has 0 radical (unpaired) electrons. The van der Waals surface area contributed by atoms with Crippen molar-refractivity contribution in [1.29, 1.82) is 0 Å². The summed E-state index contributed by atoms with van der Waals surface area (Å²) in [6, 6.07) is 10.4. The first-order valence-electron chi connectivity index (χ1n) is 9.16. The molecule has 0 bridgehead atoms. The third-order valence-corrected chi connectivity index (χ3v) is 5.05. The summed E-state index contributed by atoms with van der Waals surface area (Å²) in [5.74, 6) is 1.88. The Morgan fingerprint density at radius 2 is 1.79 bits per heavy atom. The molecule has 1 atom stereocenters. The molecular formula is C21H26N2O5. The molecule has 0 heterocycles. The van der Waals surface area contributed by atoms with Crippen molar-refractivity contribution >= 4 is 11.7 Å². The van der Waals surface area contributed by atoms with E-state index in [0.717, 1.165) is 29.7 Å². The fraction of sp³-hybridized carbons (Fsp3) is 0.381. The molecule has 1 unspecified atom stereocenters. The zero-order chi connectivity index (χ0) is 20.1. The Morgan fingerprint density at radius 1 is 1.07 bits per heavy atom. The lowest BCUT2D eigenvalue weighted by atomic mass is 9.79. The molecule has 2 aromatic carbocycles. The number of methoxy groups -OCH3 is 3. The van der Waals surface area contributed by atoms with Crippen LogP contribution in [0.3, 0.4) is 0 Å². The Kier molecular flexibility index (Phi) is 5.94. The van der Waals surface area contributed by atoms with E-state index in [1.54, 1.807) is 32.4 Å². The maximum absolute atomic E-state index is 12.4. The number of carbonyl (C=O) groups is 1. The summed E-state index contributed by atoms with van der Waals surface area (Å²) in [7, 11) is 4.71. The summed E-state index contributed by atoms with van der Waals surface area (Å²) in [5.41, 5.74) is 1.29. The third kappa shape index (κ3) is 4.14. The van der Waals surface area contributed by atoms with Gasteiger partial charge in [-0.15, -0.1) is 0 Å². The van der Waals surface area contributed by atoms with E-state index < -0.39 is 11.6 Å². The highest BCUT2D eigenvalue weighted by Gasteiger charge is 2.34. The van der Waals surface area contributed by atoms with E-state index >= 15 is 0 Å². The van der Waals surface area contributed by atoms with Gasteiger partial charge in [-0.3, -0.25) is 0 Å². The second-order valence-electron chi connectivity index (χ2n) is 6.78. The smallest absolute Gasteiger partial charge is 0.319 e. The fourth-order valence-electron chi connectivity index (χ4n) is 3.54. The molecule has 2 aromatic rings. The Bertz CT molecular complexity index is 855. The van der Waals surface area contributed by atoms with E-state index in [2.05, 4.69) is 10.6 Å². The highest BCUT2D eigenvalue weighted by molar-refractivity contribution is 5.91. The molecule has 0 aliphatic heterocycles. The first-order chi connectivity index (χ1) is 13.5. The minimum absolute atomic E-state index is 0.108. The molecule has 7 heteroatoms. The second kappa shape index (κ2) is 8.39. The summed E-state index contributed by atoms with van der Waals surface area (Å²) in [6.45, 7) is 0.108. The quantitative estimate of drug-likeness (QED) is 0.710.